The Morgan fingerprint density at radius 2 is 1.67 bits per heavy atom. The zero-order valence-corrected chi connectivity index (χ0v) is 19.0. The molecule has 0 saturated carbocycles. The number of piperidine rings is 1. The fourth-order valence-corrected chi connectivity index (χ4v) is 4.33. The normalized spacial score (nSPS) is 15.4. The standard InChI is InChI=1S/C23H26BrClN2O2.CH4/c1-15(2)21(26-22(28)19-5-3-4-6-20(19)24)23(29)27-13-11-17(12-14-27)16-7-9-18(25)10-8-16;/h3-10,15,17,21H,11-14H2,1-2H3,(H,26,28);1H4/t21-;/m1./s1. The summed E-state index contributed by atoms with van der Waals surface area (Å²) in [5.74, 6) is 0.196. The highest BCUT2D eigenvalue weighted by Gasteiger charge is 2.32. The van der Waals surface area contributed by atoms with Gasteiger partial charge in [0.25, 0.3) is 5.91 Å². The summed E-state index contributed by atoms with van der Waals surface area (Å²) in [6, 6.07) is 14.7. The molecule has 3 rings (SSSR count). The number of carbonyl (C=O) groups is 2. The molecule has 1 heterocycles. The molecule has 2 amide bonds. The largest absolute Gasteiger partial charge is 0.341 e. The van der Waals surface area contributed by atoms with Crippen molar-refractivity contribution >= 4 is 39.3 Å². The van der Waals surface area contributed by atoms with Gasteiger partial charge in [-0.15, -0.1) is 0 Å². The summed E-state index contributed by atoms with van der Waals surface area (Å²) in [6.07, 6.45) is 1.83. The van der Waals surface area contributed by atoms with Crippen molar-refractivity contribution < 1.29 is 9.59 Å². The maximum atomic E-state index is 13.2. The number of likely N-dealkylation sites (tertiary alicyclic amines) is 1. The van der Waals surface area contributed by atoms with E-state index in [4.69, 9.17) is 11.6 Å². The summed E-state index contributed by atoms with van der Waals surface area (Å²) >= 11 is 9.39. The van der Waals surface area contributed by atoms with Crippen LogP contribution in [0.2, 0.25) is 5.02 Å². The van der Waals surface area contributed by atoms with Crippen LogP contribution in [0.4, 0.5) is 0 Å². The van der Waals surface area contributed by atoms with Gasteiger partial charge in [0.1, 0.15) is 6.04 Å². The van der Waals surface area contributed by atoms with Gasteiger partial charge in [-0.3, -0.25) is 9.59 Å². The van der Waals surface area contributed by atoms with Crippen LogP contribution in [-0.2, 0) is 4.79 Å². The third kappa shape index (κ3) is 5.86. The van der Waals surface area contributed by atoms with Crippen molar-refractivity contribution in [1.29, 1.82) is 0 Å². The average molecular weight is 494 g/mol. The molecule has 2 aromatic carbocycles. The molecule has 1 N–H and O–H groups in total. The highest BCUT2D eigenvalue weighted by Crippen LogP contribution is 2.29. The van der Waals surface area contributed by atoms with Gasteiger partial charge in [0, 0.05) is 22.6 Å². The number of nitrogens with one attached hydrogen (secondary N) is 1. The minimum absolute atomic E-state index is 0. The number of amides is 2. The average Bonchev–Trinajstić information content (AvgIpc) is 2.72. The van der Waals surface area contributed by atoms with Crippen LogP contribution in [0.25, 0.3) is 0 Å². The second-order valence-electron chi connectivity index (χ2n) is 7.83. The number of carbonyl (C=O) groups excluding carboxylic acids is 2. The van der Waals surface area contributed by atoms with E-state index in [1.54, 1.807) is 6.07 Å². The van der Waals surface area contributed by atoms with Gasteiger partial charge in [-0.2, -0.15) is 0 Å². The van der Waals surface area contributed by atoms with E-state index in [2.05, 4.69) is 33.4 Å². The van der Waals surface area contributed by atoms with Crippen LogP contribution in [0.1, 0.15) is 56.0 Å². The Labute approximate surface area is 193 Å². The van der Waals surface area contributed by atoms with Gasteiger partial charge >= 0.3 is 0 Å². The first kappa shape index (κ1) is 24.4. The van der Waals surface area contributed by atoms with Crippen molar-refractivity contribution in [3.8, 4) is 0 Å². The van der Waals surface area contributed by atoms with E-state index in [0.29, 0.717) is 24.6 Å². The molecule has 0 unspecified atom stereocenters. The number of halogens is 2. The molecule has 4 nitrogen and oxygen atoms in total. The van der Waals surface area contributed by atoms with E-state index in [0.717, 1.165) is 22.3 Å². The molecule has 2 aromatic rings. The SMILES string of the molecule is C.CC(C)[C@@H](NC(=O)c1ccccc1Br)C(=O)N1CCC(c2ccc(Cl)cc2)CC1. The van der Waals surface area contributed by atoms with E-state index in [1.807, 2.05) is 49.1 Å². The minimum atomic E-state index is -0.540. The lowest BCUT2D eigenvalue weighted by Gasteiger charge is -2.35. The lowest BCUT2D eigenvalue weighted by atomic mass is 9.89. The zero-order chi connectivity index (χ0) is 21.0. The van der Waals surface area contributed by atoms with Crippen LogP contribution in [0.3, 0.4) is 0 Å². The summed E-state index contributed by atoms with van der Waals surface area (Å²) in [5, 5.41) is 3.68. The molecule has 6 heteroatoms. The van der Waals surface area contributed by atoms with Gasteiger partial charge in [0.05, 0.1) is 5.56 Å². The highest BCUT2D eigenvalue weighted by atomic mass is 79.9. The third-order valence-electron chi connectivity index (χ3n) is 5.49. The summed E-state index contributed by atoms with van der Waals surface area (Å²) in [4.78, 5) is 27.8. The monoisotopic (exact) mass is 492 g/mol. The second kappa shape index (κ2) is 11.0. The molecule has 162 valence electrons. The van der Waals surface area contributed by atoms with E-state index in [-0.39, 0.29) is 25.2 Å². The van der Waals surface area contributed by atoms with Crippen LogP contribution in [-0.4, -0.2) is 35.8 Å². The van der Waals surface area contributed by atoms with E-state index >= 15 is 0 Å². The molecule has 0 aliphatic carbocycles. The number of hydrogen-bond donors (Lipinski definition) is 1. The van der Waals surface area contributed by atoms with Gasteiger partial charge in [-0.25, -0.2) is 0 Å². The topological polar surface area (TPSA) is 49.4 Å². The Kier molecular flexibility index (Phi) is 8.92. The van der Waals surface area contributed by atoms with Crippen LogP contribution in [0.15, 0.2) is 53.0 Å². The zero-order valence-electron chi connectivity index (χ0n) is 16.7. The van der Waals surface area contributed by atoms with Gasteiger partial charge in [-0.1, -0.05) is 57.1 Å². The Morgan fingerprint density at radius 1 is 1.07 bits per heavy atom. The first-order valence-electron chi connectivity index (χ1n) is 9.96. The lowest BCUT2D eigenvalue weighted by Crippen LogP contribution is -2.52. The van der Waals surface area contributed by atoms with Crippen molar-refractivity contribution in [2.75, 3.05) is 13.1 Å². The molecule has 0 aromatic heterocycles. The molecule has 1 aliphatic heterocycles. The van der Waals surface area contributed by atoms with Crippen molar-refractivity contribution in [2.45, 2.75) is 46.1 Å². The maximum absolute atomic E-state index is 13.2. The van der Waals surface area contributed by atoms with E-state index in [9.17, 15) is 9.59 Å². The first-order chi connectivity index (χ1) is 13.9. The van der Waals surface area contributed by atoms with Crippen LogP contribution < -0.4 is 5.32 Å². The Bertz CT molecular complexity index is 862. The van der Waals surface area contributed by atoms with Crippen molar-refractivity contribution in [3.63, 3.8) is 0 Å². The molecule has 1 aliphatic rings. The van der Waals surface area contributed by atoms with E-state index in [1.165, 1.54) is 5.56 Å². The van der Waals surface area contributed by atoms with Gasteiger partial charge < -0.3 is 10.2 Å². The van der Waals surface area contributed by atoms with Crippen molar-refractivity contribution in [3.05, 3.63) is 69.2 Å². The lowest BCUT2D eigenvalue weighted by molar-refractivity contribution is -0.135. The number of rotatable bonds is 5. The number of nitrogens with zero attached hydrogens (tertiary/aromatic N) is 1. The highest BCUT2D eigenvalue weighted by molar-refractivity contribution is 9.10. The fraction of sp³-hybridized carbons (Fsp3) is 0.417. The third-order valence-corrected chi connectivity index (χ3v) is 6.43. The molecule has 0 spiro atoms. The number of benzene rings is 2. The molecule has 0 bridgehead atoms. The van der Waals surface area contributed by atoms with Crippen LogP contribution >= 0.6 is 27.5 Å². The van der Waals surface area contributed by atoms with Crippen LogP contribution in [0.5, 0.6) is 0 Å². The molecule has 1 fully saturated rings. The Morgan fingerprint density at radius 3 is 2.23 bits per heavy atom. The molecule has 0 radical (unpaired) electrons. The van der Waals surface area contributed by atoms with Gasteiger partial charge in [-0.05, 0) is 70.4 Å². The van der Waals surface area contributed by atoms with Crippen LogP contribution in [0, 0.1) is 5.92 Å². The van der Waals surface area contributed by atoms with Gasteiger partial charge in [0.2, 0.25) is 5.91 Å². The predicted molar refractivity (Wildman–Crippen MR) is 127 cm³/mol. The summed E-state index contributed by atoms with van der Waals surface area (Å²) in [6.45, 7) is 5.31. The Hall–Kier alpha value is -1.85. The van der Waals surface area contributed by atoms with Crippen molar-refractivity contribution in [1.82, 2.24) is 10.2 Å². The minimum Gasteiger partial charge on any atom is -0.341 e. The van der Waals surface area contributed by atoms with Crippen molar-refractivity contribution in [2.24, 2.45) is 5.92 Å². The summed E-state index contributed by atoms with van der Waals surface area (Å²) in [5.41, 5.74) is 1.80. The van der Waals surface area contributed by atoms with Gasteiger partial charge in [0.15, 0.2) is 0 Å². The smallest absolute Gasteiger partial charge is 0.253 e. The molecule has 1 saturated heterocycles. The fourth-order valence-electron chi connectivity index (χ4n) is 3.74. The quantitative estimate of drug-likeness (QED) is 0.564. The molecule has 30 heavy (non-hydrogen) atoms. The molecular formula is C24H30BrClN2O2. The Balaban J connectivity index is 0.00000320. The summed E-state index contributed by atoms with van der Waals surface area (Å²) in [7, 11) is 0. The maximum Gasteiger partial charge on any atom is 0.253 e. The second-order valence-corrected chi connectivity index (χ2v) is 9.12. The number of hydrogen-bond acceptors (Lipinski definition) is 2. The molecular weight excluding hydrogens is 464 g/mol. The molecule has 1 atom stereocenters. The predicted octanol–water partition coefficient (Wildman–Crippen LogP) is 5.90. The van der Waals surface area contributed by atoms with E-state index < -0.39 is 6.04 Å². The first-order valence-corrected chi connectivity index (χ1v) is 11.1. The summed E-state index contributed by atoms with van der Waals surface area (Å²) < 4.78 is 0.719.